The smallest absolute Gasteiger partial charge is 0.247 e. The Morgan fingerprint density at radius 1 is 1.57 bits per heavy atom. The highest BCUT2D eigenvalue weighted by atomic mass is 32.2. The second-order valence-corrected chi connectivity index (χ2v) is 4.54. The molecule has 0 amide bonds. The van der Waals surface area contributed by atoms with Crippen molar-refractivity contribution in [2.45, 2.75) is 18.9 Å². The van der Waals surface area contributed by atoms with E-state index in [0.717, 1.165) is 24.3 Å². The maximum Gasteiger partial charge on any atom is 0.247 e. The minimum atomic E-state index is 0.395. The third kappa shape index (κ3) is 1.58. The molecule has 2 rings (SSSR count). The van der Waals surface area contributed by atoms with E-state index in [2.05, 4.69) is 9.94 Å². The predicted octanol–water partition coefficient (Wildman–Crippen LogP) is 2.08. The average Bonchev–Trinajstić information content (AvgIpc) is 2.61. The van der Waals surface area contributed by atoms with Crippen LogP contribution in [0.4, 0.5) is 11.5 Å². The molecule has 1 saturated heterocycles. The van der Waals surface area contributed by atoms with Gasteiger partial charge in [-0.15, -0.1) is 0 Å². The van der Waals surface area contributed by atoms with Crippen molar-refractivity contribution in [3.63, 3.8) is 0 Å². The number of nitrogens with two attached hydrogens (primary N) is 1. The molecule has 0 atom stereocenters. The van der Waals surface area contributed by atoms with Crippen LogP contribution in [0, 0.1) is 6.57 Å². The van der Waals surface area contributed by atoms with E-state index < -0.39 is 0 Å². The third-order valence-corrected chi connectivity index (χ3v) is 3.52. The van der Waals surface area contributed by atoms with Crippen LogP contribution in [0.5, 0.6) is 0 Å². The van der Waals surface area contributed by atoms with Crippen LogP contribution in [0.1, 0.15) is 18.9 Å². The molecule has 2 heterocycles. The molecule has 0 bridgehead atoms. The molecule has 2 N–H and O–H groups in total. The molecule has 0 unspecified atom stereocenters. The lowest BCUT2D eigenvalue weighted by molar-refractivity contribution is 0.433. The first kappa shape index (κ1) is 9.41. The monoisotopic (exact) mass is 208 g/mol. The van der Waals surface area contributed by atoms with E-state index in [9.17, 15) is 0 Å². The molecular weight excluding hydrogens is 196 g/mol. The summed E-state index contributed by atoms with van der Waals surface area (Å²) in [6.45, 7) is 6.90. The highest BCUT2D eigenvalue weighted by molar-refractivity contribution is 7.99. The molecular formula is C9H12N4S. The van der Waals surface area contributed by atoms with Gasteiger partial charge in [-0.25, -0.2) is 4.85 Å². The molecule has 0 aliphatic carbocycles. The van der Waals surface area contributed by atoms with Crippen LogP contribution >= 0.6 is 11.8 Å². The van der Waals surface area contributed by atoms with Gasteiger partial charge in [0.1, 0.15) is 5.82 Å². The quantitative estimate of drug-likeness (QED) is 0.719. The molecule has 0 saturated carbocycles. The van der Waals surface area contributed by atoms with Crippen molar-refractivity contribution < 1.29 is 0 Å². The Balaban J connectivity index is 2.23. The number of hydrogen-bond donors (Lipinski definition) is 1. The largest absolute Gasteiger partial charge is 0.393 e. The van der Waals surface area contributed by atoms with E-state index in [1.807, 2.05) is 16.4 Å². The predicted molar refractivity (Wildman–Crippen MR) is 58.5 cm³/mol. The third-order valence-electron chi connectivity index (χ3n) is 2.47. The Morgan fingerprint density at radius 2 is 2.29 bits per heavy atom. The Morgan fingerprint density at radius 3 is 2.86 bits per heavy atom. The molecule has 1 aromatic rings. The number of nitrogen functional groups attached to an aromatic ring is 1. The van der Waals surface area contributed by atoms with Crippen LogP contribution in [-0.4, -0.2) is 21.3 Å². The topological polar surface area (TPSA) is 48.2 Å². The lowest BCUT2D eigenvalue weighted by atomic mass is 10.1. The first-order valence-corrected chi connectivity index (χ1v) is 5.76. The van der Waals surface area contributed by atoms with E-state index >= 15 is 0 Å². The zero-order valence-electron chi connectivity index (χ0n) is 7.81. The van der Waals surface area contributed by atoms with E-state index in [1.165, 1.54) is 0 Å². The number of thioether (sulfide) groups is 1. The summed E-state index contributed by atoms with van der Waals surface area (Å²) in [5.41, 5.74) is 6.30. The summed E-state index contributed by atoms with van der Waals surface area (Å²) in [5, 5.41) is 4.18. The molecule has 1 aliphatic heterocycles. The van der Waals surface area contributed by atoms with E-state index in [0.29, 0.717) is 17.5 Å². The fraction of sp³-hybridized carbons (Fsp3) is 0.556. The highest BCUT2D eigenvalue weighted by Crippen LogP contribution is 2.31. The first-order chi connectivity index (χ1) is 6.83. The van der Waals surface area contributed by atoms with Crippen molar-refractivity contribution in [3.8, 4) is 0 Å². The zero-order valence-corrected chi connectivity index (χ0v) is 8.63. The van der Waals surface area contributed by atoms with Gasteiger partial charge in [-0.3, -0.25) is 4.68 Å². The van der Waals surface area contributed by atoms with Crippen molar-refractivity contribution in [3.05, 3.63) is 17.6 Å². The molecule has 5 heteroatoms. The van der Waals surface area contributed by atoms with E-state index in [4.69, 9.17) is 12.3 Å². The maximum absolute atomic E-state index is 6.90. The van der Waals surface area contributed by atoms with Crippen molar-refractivity contribution in [2.75, 3.05) is 17.2 Å². The minimum Gasteiger partial charge on any atom is -0.393 e. The number of anilines is 1. The Labute approximate surface area is 87.3 Å². The first-order valence-electron chi connectivity index (χ1n) is 4.61. The van der Waals surface area contributed by atoms with Gasteiger partial charge in [0.05, 0.1) is 18.8 Å². The molecule has 0 spiro atoms. The van der Waals surface area contributed by atoms with Crippen molar-refractivity contribution in [1.29, 1.82) is 0 Å². The molecule has 1 fully saturated rings. The van der Waals surface area contributed by atoms with Crippen LogP contribution in [-0.2, 0) is 0 Å². The van der Waals surface area contributed by atoms with Crippen LogP contribution in [0.25, 0.3) is 4.85 Å². The summed E-state index contributed by atoms with van der Waals surface area (Å²) in [4.78, 5) is 3.32. The molecule has 14 heavy (non-hydrogen) atoms. The zero-order chi connectivity index (χ0) is 9.97. The van der Waals surface area contributed by atoms with Crippen molar-refractivity contribution in [2.24, 2.45) is 0 Å². The van der Waals surface area contributed by atoms with Crippen LogP contribution in [0.3, 0.4) is 0 Å². The van der Waals surface area contributed by atoms with Gasteiger partial charge in [-0.2, -0.15) is 16.9 Å². The van der Waals surface area contributed by atoms with Gasteiger partial charge >= 0.3 is 0 Å². The van der Waals surface area contributed by atoms with Crippen LogP contribution in [0.15, 0.2) is 6.20 Å². The summed E-state index contributed by atoms with van der Waals surface area (Å²) >= 11 is 1.97. The van der Waals surface area contributed by atoms with Gasteiger partial charge in [0.25, 0.3) is 0 Å². The number of nitrogens with zero attached hydrogens (tertiary/aromatic N) is 3. The van der Waals surface area contributed by atoms with Crippen molar-refractivity contribution in [1.82, 2.24) is 9.78 Å². The SMILES string of the molecule is [C-]#[N+]c1cnn(C2CCSCC2)c1N. The molecule has 74 valence electrons. The number of hydrogen-bond acceptors (Lipinski definition) is 3. The molecule has 1 aromatic heterocycles. The fourth-order valence-electron chi connectivity index (χ4n) is 1.67. The molecule has 0 aromatic carbocycles. The number of rotatable bonds is 1. The van der Waals surface area contributed by atoms with E-state index in [1.54, 1.807) is 6.20 Å². The molecule has 0 radical (unpaired) electrons. The Hall–Kier alpha value is -1.15. The summed E-state index contributed by atoms with van der Waals surface area (Å²) < 4.78 is 1.81. The lowest BCUT2D eigenvalue weighted by Crippen LogP contribution is -2.17. The normalized spacial score (nSPS) is 17.9. The second kappa shape index (κ2) is 3.93. The number of aromatic nitrogens is 2. The Bertz CT molecular complexity index is 359. The minimum absolute atomic E-state index is 0.395. The standard InChI is InChI=1S/C9H12N4S/c1-11-8-6-12-13(9(8)10)7-2-4-14-5-3-7/h6-7H,2-5,10H2. The van der Waals surface area contributed by atoms with Gasteiger partial charge in [0.15, 0.2) is 0 Å². The molecule has 1 aliphatic rings. The summed E-state index contributed by atoms with van der Waals surface area (Å²) in [7, 11) is 0. The average molecular weight is 208 g/mol. The fourth-order valence-corrected chi connectivity index (χ4v) is 2.75. The van der Waals surface area contributed by atoms with Gasteiger partial charge < -0.3 is 5.73 Å². The van der Waals surface area contributed by atoms with Gasteiger partial charge in [-0.05, 0) is 24.3 Å². The Kier molecular flexibility index (Phi) is 2.64. The van der Waals surface area contributed by atoms with E-state index in [-0.39, 0.29) is 0 Å². The van der Waals surface area contributed by atoms with Gasteiger partial charge in [0, 0.05) is 0 Å². The van der Waals surface area contributed by atoms with Crippen molar-refractivity contribution >= 4 is 23.3 Å². The summed E-state index contributed by atoms with van der Waals surface area (Å²) in [6, 6.07) is 0.395. The summed E-state index contributed by atoms with van der Waals surface area (Å²) in [6.07, 6.45) is 3.77. The molecule has 4 nitrogen and oxygen atoms in total. The highest BCUT2D eigenvalue weighted by Gasteiger charge is 2.19. The second-order valence-electron chi connectivity index (χ2n) is 3.31. The van der Waals surface area contributed by atoms with Gasteiger partial charge in [-0.1, -0.05) is 0 Å². The van der Waals surface area contributed by atoms with Crippen LogP contribution < -0.4 is 5.73 Å². The van der Waals surface area contributed by atoms with Crippen LogP contribution in [0.2, 0.25) is 0 Å². The maximum atomic E-state index is 6.90. The lowest BCUT2D eigenvalue weighted by Gasteiger charge is -2.22. The summed E-state index contributed by atoms with van der Waals surface area (Å²) in [5.74, 6) is 2.85. The van der Waals surface area contributed by atoms with Gasteiger partial charge in [0.2, 0.25) is 5.69 Å².